The van der Waals surface area contributed by atoms with Gasteiger partial charge in [0.25, 0.3) is 0 Å². The fraction of sp³-hybridized carbons (Fsp3) is 0.579. The largest absolute Gasteiger partial charge is 0.465 e. The van der Waals surface area contributed by atoms with E-state index in [1.807, 2.05) is 32.0 Å². The minimum absolute atomic E-state index is 0.221. The van der Waals surface area contributed by atoms with Crippen molar-refractivity contribution in [3.63, 3.8) is 0 Å². The van der Waals surface area contributed by atoms with Gasteiger partial charge in [-0.2, -0.15) is 0 Å². The van der Waals surface area contributed by atoms with Crippen molar-refractivity contribution in [1.29, 1.82) is 0 Å². The van der Waals surface area contributed by atoms with Crippen LogP contribution in [0.25, 0.3) is 0 Å². The highest BCUT2D eigenvalue weighted by Gasteiger charge is 2.51. The Morgan fingerprint density at radius 2 is 2.09 bits per heavy atom. The lowest BCUT2D eigenvalue weighted by Crippen LogP contribution is -2.42. The maximum absolute atomic E-state index is 12.5. The lowest BCUT2D eigenvalue weighted by Gasteiger charge is -2.32. The molecule has 0 saturated heterocycles. The lowest BCUT2D eigenvalue weighted by molar-refractivity contribution is -0.162. The molecule has 1 aromatic carbocycles. The van der Waals surface area contributed by atoms with Gasteiger partial charge < -0.3 is 9.47 Å². The van der Waals surface area contributed by atoms with Gasteiger partial charge in [0.05, 0.1) is 12.2 Å². The molecule has 0 spiro atoms. The van der Waals surface area contributed by atoms with Crippen LogP contribution in [-0.4, -0.2) is 24.6 Å². The second kappa shape index (κ2) is 7.62. The van der Waals surface area contributed by atoms with Crippen LogP contribution in [0, 0.1) is 12.3 Å². The summed E-state index contributed by atoms with van der Waals surface area (Å²) < 4.78 is 11.0. The van der Waals surface area contributed by atoms with Crippen LogP contribution in [0.3, 0.4) is 0 Å². The molecule has 4 nitrogen and oxygen atoms in total. The molecule has 1 saturated carbocycles. The maximum atomic E-state index is 12.5. The normalized spacial score (nSPS) is 23.5. The van der Waals surface area contributed by atoms with Crippen LogP contribution >= 0.6 is 0 Å². The van der Waals surface area contributed by atoms with Crippen LogP contribution in [0.2, 0.25) is 0 Å². The van der Waals surface area contributed by atoms with Crippen molar-refractivity contribution < 1.29 is 19.1 Å². The molecule has 1 aliphatic carbocycles. The molecular formula is C19H26O4. The first-order valence-corrected chi connectivity index (χ1v) is 8.48. The van der Waals surface area contributed by atoms with Gasteiger partial charge in [-0.3, -0.25) is 4.79 Å². The Bertz CT molecular complexity index is 566. The van der Waals surface area contributed by atoms with E-state index in [9.17, 15) is 9.59 Å². The maximum Gasteiger partial charge on any atom is 0.338 e. The van der Waals surface area contributed by atoms with E-state index >= 15 is 0 Å². The summed E-state index contributed by atoms with van der Waals surface area (Å²) in [5.74, 6) is -0.577. The third kappa shape index (κ3) is 3.74. The Balaban J connectivity index is 2.19. The highest BCUT2D eigenvalue weighted by Crippen LogP contribution is 2.45. The summed E-state index contributed by atoms with van der Waals surface area (Å²) in [6, 6.07) is 7.33. The molecule has 0 N–H and O–H groups in total. The third-order valence-electron chi connectivity index (χ3n) is 4.59. The average Bonchev–Trinajstić information content (AvgIpc) is 2.92. The van der Waals surface area contributed by atoms with E-state index < -0.39 is 11.5 Å². The van der Waals surface area contributed by atoms with Crippen molar-refractivity contribution in [2.75, 3.05) is 6.61 Å². The second-order valence-corrected chi connectivity index (χ2v) is 6.28. The number of aryl methyl sites for hydroxylation is 1. The van der Waals surface area contributed by atoms with E-state index in [0.717, 1.165) is 31.2 Å². The van der Waals surface area contributed by atoms with Gasteiger partial charge in [0, 0.05) is 0 Å². The molecule has 1 aliphatic rings. The SMILES string of the molecule is CCCC1(C(=O)OCC)CCCC1OC(=O)c1cccc(C)c1. The van der Waals surface area contributed by atoms with Crippen molar-refractivity contribution in [3.8, 4) is 0 Å². The average molecular weight is 318 g/mol. The predicted molar refractivity (Wildman–Crippen MR) is 88.2 cm³/mol. The Morgan fingerprint density at radius 1 is 1.30 bits per heavy atom. The molecule has 0 aromatic heterocycles. The fourth-order valence-electron chi connectivity index (χ4n) is 3.52. The van der Waals surface area contributed by atoms with E-state index in [1.54, 1.807) is 13.0 Å². The number of rotatable bonds is 6. The summed E-state index contributed by atoms with van der Waals surface area (Å²) in [4.78, 5) is 25.0. The molecule has 0 radical (unpaired) electrons. The zero-order valence-corrected chi connectivity index (χ0v) is 14.3. The molecule has 1 aromatic rings. The van der Waals surface area contributed by atoms with E-state index in [0.29, 0.717) is 18.6 Å². The zero-order valence-electron chi connectivity index (χ0n) is 14.3. The minimum atomic E-state index is -0.676. The molecule has 0 amide bonds. The van der Waals surface area contributed by atoms with Crippen LogP contribution in [0.5, 0.6) is 0 Å². The van der Waals surface area contributed by atoms with Crippen molar-refractivity contribution >= 4 is 11.9 Å². The molecule has 2 rings (SSSR count). The highest BCUT2D eigenvalue weighted by atomic mass is 16.6. The Kier molecular flexibility index (Phi) is 5.80. The molecule has 23 heavy (non-hydrogen) atoms. The first kappa shape index (κ1) is 17.5. The Morgan fingerprint density at radius 3 is 2.74 bits per heavy atom. The molecule has 2 atom stereocenters. The fourth-order valence-corrected chi connectivity index (χ4v) is 3.52. The molecule has 0 bridgehead atoms. The summed E-state index contributed by atoms with van der Waals surface area (Å²) in [5.41, 5.74) is 0.867. The van der Waals surface area contributed by atoms with Crippen LogP contribution < -0.4 is 0 Å². The molecule has 4 heteroatoms. The zero-order chi connectivity index (χ0) is 16.9. The number of ether oxygens (including phenoxy) is 2. The third-order valence-corrected chi connectivity index (χ3v) is 4.59. The van der Waals surface area contributed by atoms with E-state index in [4.69, 9.17) is 9.47 Å². The first-order valence-electron chi connectivity index (χ1n) is 8.48. The van der Waals surface area contributed by atoms with E-state index in [1.165, 1.54) is 0 Å². The minimum Gasteiger partial charge on any atom is -0.465 e. The van der Waals surface area contributed by atoms with Gasteiger partial charge in [-0.1, -0.05) is 31.0 Å². The Hall–Kier alpha value is -1.84. The molecule has 0 heterocycles. The number of hydrogen-bond acceptors (Lipinski definition) is 4. The summed E-state index contributed by atoms with van der Waals surface area (Å²) in [6.45, 7) is 6.13. The van der Waals surface area contributed by atoms with E-state index in [-0.39, 0.29) is 11.9 Å². The van der Waals surface area contributed by atoms with Crippen LogP contribution in [0.4, 0.5) is 0 Å². The summed E-state index contributed by atoms with van der Waals surface area (Å²) in [5, 5.41) is 0. The molecule has 126 valence electrons. The number of esters is 2. The molecule has 2 unspecified atom stereocenters. The summed E-state index contributed by atoms with van der Waals surface area (Å²) in [6.07, 6.45) is 3.48. The van der Waals surface area contributed by atoms with Gasteiger partial charge in [-0.25, -0.2) is 4.79 Å². The van der Waals surface area contributed by atoms with Crippen molar-refractivity contribution in [2.45, 2.75) is 59.0 Å². The van der Waals surface area contributed by atoms with Crippen molar-refractivity contribution in [2.24, 2.45) is 5.41 Å². The topological polar surface area (TPSA) is 52.6 Å². The van der Waals surface area contributed by atoms with Crippen molar-refractivity contribution in [1.82, 2.24) is 0 Å². The van der Waals surface area contributed by atoms with Crippen LogP contribution in [-0.2, 0) is 14.3 Å². The van der Waals surface area contributed by atoms with Crippen LogP contribution in [0.15, 0.2) is 24.3 Å². The second-order valence-electron chi connectivity index (χ2n) is 6.28. The highest BCUT2D eigenvalue weighted by molar-refractivity contribution is 5.90. The van der Waals surface area contributed by atoms with Crippen molar-refractivity contribution in [3.05, 3.63) is 35.4 Å². The number of carbonyl (C=O) groups is 2. The van der Waals surface area contributed by atoms with Crippen LogP contribution in [0.1, 0.15) is 61.9 Å². The summed E-state index contributed by atoms with van der Waals surface area (Å²) >= 11 is 0. The van der Waals surface area contributed by atoms with Gasteiger partial charge >= 0.3 is 11.9 Å². The number of hydrogen-bond donors (Lipinski definition) is 0. The quantitative estimate of drug-likeness (QED) is 0.742. The van der Waals surface area contributed by atoms with Gasteiger partial charge in [0.2, 0.25) is 0 Å². The predicted octanol–water partition coefficient (Wildman–Crippen LogP) is 4.05. The molecular weight excluding hydrogens is 292 g/mol. The molecule has 1 fully saturated rings. The Labute approximate surface area is 138 Å². The lowest BCUT2D eigenvalue weighted by atomic mass is 9.79. The number of benzene rings is 1. The standard InChI is InChI=1S/C19H26O4/c1-4-11-19(18(21)22-5-2)12-7-10-16(19)23-17(20)15-9-6-8-14(3)13-15/h6,8-9,13,16H,4-5,7,10-12H2,1-3H3. The van der Waals surface area contributed by atoms with Gasteiger partial charge in [-0.15, -0.1) is 0 Å². The monoisotopic (exact) mass is 318 g/mol. The molecule has 0 aliphatic heterocycles. The van der Waals surface area contributed by atoms with Gasteiger partial charge in [0.1, 0.15) is 11.5 Å². The smallest absolute Gasteiger partial charge is 0.338 e. The van der Waals surface area contributed by atoms with Gasteiger partial charge in [-0.05, 0) is 51.7 Å². The first-order chi connectivity index (χ1) is 11.0. The van der Waals surface area contributed by atoms with Gasteiger partial charge in [0.15, 0.2) is 0 Å². The number of carbonyl (C=O) groups excluding carboxylic acids is 2. The summed E-state index contributed by atoms with van der Waals surface area (Å²) in [7, 11) is 0. The van der Waals surface area contributed by atoms with E-state index in [2.05, 4.69) is 0 Å².